The molecule has 7 heteroatoms. The van der Waals surface area contributed by atoms with Gasteiger partial charge in [-0.15, -0.1) is 12.6 Å². The molecule has 0 bridgehead atoms. The molecule has 2 aromatic rings. The van der Waals surface area contributed by atoms with Crippen molar-refractivity contribution in [2.45, 2.75) is 11.6 Å². The van der Waals surface area contributed by atoms with Crippen molar-refractivity contribution in [3.8, 4) is 0 Å². The number of morpholine rings is 1. The zero-order valence-electron chi connectivity index (χ0n) is 11.6. The number of nitro groups is 1. The fourth-order valence-corrected chi connectivity index (χ4v) is 3.01. The molecular formula is C14H17N3O3S. The predicted molar refractivity (Wildman–Crippen MR) is 83.1 cm³/mol. The van der Waals surface area contributed by atoms with Crippen LogP contribution in [0.15, 0.2) is 29.3 Å². The van der Waals surface area contributed by atoms with Gasteiger partial charge in [-0.05, 0) is 12.1 Å². The Bertz CT molecular complexity index is 665. The lowest BCUT2D eigenvalue weighted by molar-refractivity contribution is -0.384. The summed E-state index contributed by atoms with van der Waals surface area (Å²) in [7, 11) is 0. The van der Waals surface area contributed by atoms with E-state index >= 15 is 0 Å². The summed E-state index contributed by atoms with van der Waals surface area (Å²) >= 11 is 4.49. The Morgan fingerprint density at radius 1 is 1.24 bits per heavy atom. The van der Waals surface area contributed by atoms with E-state index in [1.54, 1.807) is 18.2 Å². The van der Waals surface area contributed by atoms with Crippen molar-refractivity contribution in [3.63, 3.8) is 0 Å². The molecule has 0 atom stereocenters. The summed E-state index contributed by atoms with van der Waals surface area (Å²) in [6, 6.07) is 6.82. The maximum absolute atomic E-state index is 10.8. The van der Waals surface area contributed by atoms with Gasteiger partial charge in [-0.3, -0.25) is 15.0 Å². The minimum Gasteiger partial charge on any atom is -0.379 e. The number of aromatic nitrogens is 1. The van der Waals surface area contributed by atoms with Crippen LogP contribution in [0.5, 0.6) is 0 Å². The van der Waals surface area contributed by atoms with E-state index in [9.17, 15) is 10.1 Å². The van der Waals surface area contributed by atoms with Gasteiger partial charge in [0, 0.05) is 49.2 Å². The van der Waals surface area contributed by atoms with Crippen LogP contribution in [-0.4, -0.2) is 47.2 Å². The van der Waals surface area contributed by atoms with Crippen LogP contribution < -0.4 is 0 Å². The van der Waals surface area contributed by atoms with Crippen LogP contribution in [0.3, 0.4) is 0 Å². The topological polar surface area (TPSA) is 60.5 Å². The van der Waals surface area contributed by atoms with Gasteiger partial charge in [0.1, 0.15) is 0 Å². The Kier molecular flexibility index (Phi) is 4.14. The number of ether oxygens (including phenoxy) is 1. The number of hydrogen-bond donors (Lipinski definition) is 1. The van der Waals surface area contributed by atoms with E-state index in [-0.39, 0.29) is 10.6 Å². The van der Waals surface area contributed by atoms with Gasteiger partial charge in [-0.25, -0.2) is 0 Å². The first-order valence-corrected chi connectivity index (χ1v) is 7.36. The van der Waals surface area contributed by atoms with E-state index in [0.29, 0.717) is 0 Å². The maximum Gasteiger partial charge on any atom is 0.270 e. The highest BCUT2D eigenvalue weighted by molar-refractivity contribution is 7.80. The molecule has 0 unspecified atom stereocenters. The van der Waals surface area contributed by atoms with E-state index < -0.39 is 0 Å². The Balaban J connectivity index is 1.81. The van der Waals surface area contributed by atoms with E-state index in [1.807, 2.05) is 6.07 Å². The summed E-state index contributed by atoms with van der Waals surface area (Å²) in [5, 5.41) is 12.5. The van der Waals surface area contributed by atoms with Gasteiger partial charge in [0.2, 0.25) is 0 Å². The van der Waals surface area contributed by atoms with Crippen LogP contribution in [-0.2, 0) is 11.3 Å². The third-order valence-electron chi connectivity index (χ3n) is 3.82. The summed E-state index contributed by atoms with van der Waals surface area (Å²) in [4.78, 5) is 12.8. The summed E-state index contributed by atoms with van der Waals surface area (Å²) in [6.07, 6.45) is 0. The molecule has 112 valence electrons. The summed E-state index contributed by atoms with van der Waals surface area (Å²) in [6.45, 7) is 5.22. The quantitative estimate of drug-likeness (QED) is 0.534. The fourth-order valence-electron chi connectivity index (χ4n) is 2.66. The van der Waals surface area contributed by atoms with Crippen LogP contribution in [0.4, 0.5) is 5.69 Å². The van der Waals surface area contributed by atoms with E-state index in [4.69, 9.17) is 4.74 Å². The first-order valence-electron chi connectivity index (χ1n) is 6.92. The van der Waals surface area contributed by atoms with Crippen molar-refractivity contribution in [1.82, 2.24) is 9.47 Å². The van der Waals surface area contributed by atoms with Gasteiger partial charge in [-0.1, -0.05) is 0 Å². The number of rotatable bonds is 4. The second-order valence-electron chi connectivity index (χ2n) is 5.11. The Morgan fingerprint density at radius 3 is 2.71 bits per heavy atom. The van der Waals surface area contributed by atoms with Gasteiger partial charge in [0.05, 0.1) is 23.2 Å². The maximum atomic E-state index is 10.8. The molecule has 0 N–H and O–H groups in total. The lowest BCUT2D eigenvalue weighted by Crippen LogP contribution is -2.38. The number of thiol groups is 1. The fraction of sp³-hybridized carbons (Fsp3) is 0.429. The van der Waals surface area contributed by atoms with E-state index in [1.165, 1.54) is 0 Å². The molecule has 1 fully saturated rings. The van der Waals surface area contributed by atoms with Crippen LogP contribution in [0, 0.1) is 10.1 Å². The Morgan fingerprint density at radius 2 is 2.00 bits per heavy atom. The Labute approximate surface area is 127 Å². The molecule has 1 saturated heterocycles. The van der Waals surface area contributed by atoms with Gasteiger partial charge in [-0.2, -0.15) is 0 Å². The smallest absolute Gasteiger partial charge is 0.270 e. The van der Waals surface area contributed by atoms with Crippen molar-refractivity contribution in [1.29, 1.82) is 0 Å². The average molecular weight is 307 g/mol. The zero-order valence-corrected chi connectivity index (χ0v) is 12.5. The van der Waals surface area contributed by atoms with Crippen LogP contribution >= 0.6 is 12.6 Å². The highest BCUT2D eigenvalue weighted by atomic mass is 32.1. The van der Waals surface area contributed by atoms with Crippen molar-refractivity contribution < 1.29 is 9.66 Å². The minimum absolute atomic E-state index is 0.112. The molecule has 0 spiro atoms. The molecule has 6 nitrogen and oxygen atoms in total. The van der Waals surface area contributed by atoms with Crippen LogP contribution in [0.1, 0.15) is 0 Å². The average Bonchev–Trinajstić information content (AvgIpc) is 2.80. The van der Waals surface area contributed by atoms with Crippen LogP contribution in [0.25, 0.3) is 10.9 Å². The number of fused-ring (bicyclic) bond motifs is 1. The molecule has 0 aliphatic carbocycles. The molecule has 0 radical (unpaired) electrons. The number of benzene rings is 1. The van der Waals surface area contributed by atoms with E-state index in [2.05, 4.69) is 22.1 Å². The molecular weight excluding hydrogens is 290 g/mol. The molecule has 0 amide bonds. The van der Waals surface area contributed by atoms with Crippen LogP contribution in [0.2, 0.25) is 0 Å². The summed E-state index contributed by atoms with van der Waals surface area (Å²) < 4.78 is 7.43. The highest BCUT2D eigenvalue weighted by Crippen LogP contribution is 2.26. The van der Waals surface area contributed by atoms with E-state index in [0.717, 1.165) is 55.3 Å². The largest absolute Gasteiger partial charge is 0.379 e. The SMILES string of the molecule is O=[N+]([O-])c1ccc2c(c1)cc(S)n2CCN1CCOCC1. The lowest BCUT2D eigenvalue weighted by Gasteiger charge is -2.26. The number of non-ortho nitro benzene ring substituents is 1. The molecule has 1 aromatic carbocycles. The Hall–Kier alpha value is -1.57. The lowest BCUT2D eigenvalue weighted by atomic mass is 10.2. The molecule has 0 saturated carbocycles. The molecule has 1 aliphatic heterocycles. The van der Waals surface area contributed by atoms with Crippen molar-refractivity contribution in [2.75, 3.05) is 32.8 Å². The van der Waals surface area contributed by atoms with Gasteiger partial charge in [0.15, 0.2) is 0 Å². The number of hydrogen-bond acceptors (Lipinski definition) is 5. The van der Waals surface area contributed by atoms with Crippen molar-refractivity contribution >= 4 is 29.2 Å². The highest BCUT2D eigenvalue weighted by Gasteiger charge is 2.14. The second kappa shape index (κ2) is 6.05. The molecule has 21 heavy (non-hydrogen) atoms. The molecule has 2 heterocycles. The van der Waals surface area contributed by atoms with Gasteiger partial charge in [0.25, 0.3) is 5.69 Å². The summed E-state index contributed by atoms with van der Waals surface area (Å²) in [5.74, 6) is 0. The third kappa shape index (κ3) is 3.04. The van der Waals surface area contributed by atoms with Crippen molar-refractivity contribution in [3.05, 3.63) is 34.4 Å². The second-order valence-corrected chi connectivity index (χ2v) is 5.57. The number of nitro benzene ring substituents is 1. The number of nitrogens with zero attached hydrogens (tertiary/aromatic N) is 3. The summed E-state index contributed by atoms with van der Waals surface area (Å²) in [5.41, 5.74) is 1.10. The third-order valence-corrected chi connectivity index (χ3v) is 4.19. The van der Waals surface area contributed by atoms with Gasteiger partial charge < -0.3 is 9.30 Å². The van der Waals surface area contributed by atoms with Gasteiger partial charge >= 0.3 is 0 Å². The molecule has 1 aromatic heterocycles. The first-order chi connectivity index (χ1) is 10.1. The monoisotopic (exact) mass is 307 g/mol. The standard InChI is InChI=1S/C14H17N3O3S/c18-17(19)12-1-2-13-11(9-12)10-14(21)16(13)4-3-15-5-7-20-8-6-15/h1-2,9-10,21H,3-8H2. The normalized spacial score (nSPS) is 16.4. The van der Waals surface area contributed by atoms with Crippen molar-refractivity contribution in [2.24, 2.45) is 0 Å². The molecule has 1 aliphatic rings. The predicted octanol–water partition coefficient (Wildman–Crippen LogP) is 2.17. The first kappa shape index (κ1) is 14.4. The molecule has 3 rings (SSSR count). The minimum atomic E-state index is -0.372. The zero-order chi connectivity index (χ0) is 14.8.